The number of unbranched alkanes of at least 4 members (excludes halogenated alkanes) is 1. The van der Waals surface area contributed by atoms with Crippen molar-refractivity contribution in [3.8, 4) is 5.75 Å². The summed E-state index contributed by atoms with van der Waals surface area (Å²) in [7, 11) is 0. The number of benzene rings is 2. The van der Waals surface area contributed by atoms with Gasteiger partial charge >= 0.3 is 11.8 Å². The number of Topliss-reactive ketones (excluding diaryl/α,β-unsaturated/α-hetero) is 1. The van der Waals surface area contributed by atoms with Crippen LogP contribution in [0.15, 0.2) is 89.9 Å². The summed E-state index contributed by atoms with van der Waals surface area (Å²) in [6, 6.07) is 23.5. The minimum absolute atomic E-state index is 0.0987. The number of ether oxygens (including phenoxy) is 1. The van der Waals surface area contributed by atoms with Crippen LogP contribution >= 0.6 is 0 Å². The minimum Gasteiger partial charge on any atom is -0.410 e. The molecule has 0 radical (unpaired) electrons. The molecule has 0 saturated carbocycles. The lowest BCUT2D eigenvalue weighted by atomic mass is 10.1. The highest BCUT2D eigenvalue weighted by Crippen LogP contribution is 2.10. The smallest absolute Gasteiger partial charge is 0.410 e. The van der Waals surface area contributed by atoms with E-state index in [1.165, 1.54) is 4.57 Å². The summed E-state index contributed by atoms with van der Waals surface area (Å²) in [5.74, 6) is 0.616. The molecule has 0 bridgehead atoms. The molecule has 2 aromatic heterocycles. The summed E-state index contributed by atoms with van der Waals surface area (Å²) in [5.41, 5.74) is 2.02. The molecule has 0 aliphatic heterocycles. The van der Waals surface area contributed by atoms with Crippen LogP contribution in [0.25, 0.3) is 0 Å². The van der Waals surface area contributed by atoms with Gasteiger partial charge in [-0.15, -0.1) is 0 Å². The van der Waals surface area contributed by atoms with Crippen LogP contribution in [0, 0.1) is 0 Å². The normalized spacial score (nSPS) is 10.6. The second kappa shape index (κ2) is 12.9. The Labute approximate surface area is 214 Å². The Balaban J connectivity index is 1.18. The Morgan fingerprint density at radius 1 is 0.811 bits per heavy atom. The van der Waals surface area contributed by atoms with E-state index in [9.17, 15) is 14.4 Å². The summed E-state index contributed by atoms with van der Waals surface area (Å²) in [4.78, 5) is 40.4. The van der Waals surface area contributed by atoms with Crippen molar-refractivity contribution in [2.75, 3.05) is 5.32 Å². The molecule has 0 spiro atoms. The number of ketones is 1. The van der Waals surface area contributed by atoms with Crippen molar-refractivity contribution in [1.82, 2.24) is 19.7 Å². The number of hydrogen-bond donors (Lipinski definition) is 1. The number of aryl methyl sites for hydroxylation is 2. The van der Waals surface area contributed by atoms with E-state index in [4.69, 9.17) is 4.74 Å². The van der Waals surface area contributed by atoms with Crippen molar-refractivity contribution in [2.45, 2.75) is 38.6 Å². The number of carbonyl (C=O) groups is 2. The highest BCUT2D eigenvalue weighted by Gasteiger charge is 2.09. The fraction of sp³-hybridized carbons (Fsp3) is 0.214. The van der Waals surface area contributed by atoms with Gasteiger partial charge in [-0.25, -0.2) is 9.59 Å². The van der Waals surface area contributed by atoms with Gasteiger partial charge in [0.25, 0.3) is 0 Å². The fourth-order valence-electron chi connectivity index (χ4n) is 3.69. The van der Waals surface area contributed by atoms with E-state index in [2.05, 4.69) is 20.5 Å². The molecule has 9 heteroatoms. The minimum atomic E-state index is -0.719. The molecule has 4 rings (SSSR count). The molecule has 2 aromatic carbocycles. The van der Waals surface area contributed by atoms with Gasteiger partial charge in [0.2, 0.25) is 0 Å². The zero-order chi connectivity index (χ0) is 25.9. The topological polar surface area (TPSA) is 116 Å². The lowest BCUT2D eigenvalue weighted by molar-refractivity contribution is -0.117. The molecule has 37 heavy (non-hydrogen) atoms. The summed E-state index contributed by atoms with van der Waals surface area (Å²) in [5, 5.41) is 10.9. The third-order valence-electron chi connectivity index (χ3n) is 5.54. The van der Waals surface area contributed by atoms with E-state index in [1.54, 1.807) is 36.5 Å². The molecular weight excluding hydrogens is 470 g/mol. The third kappa shape index (κ3) is 8.21. The van der Waals surface area contributed by atoms with Crippen molar-refractivity contribution in [1.29, 1.82) is 0 Å². The van der Waals surface area contributed by atoms with Crippen LogP contribution in [0.2, 0.25) is 0 Å². The maximum absolute atomic E-state index is 12.3. The maximum atomic E-state index is 12.3. The van der Waals surface area contributed by atoms with Crippen molar-refractivity contribution < 1.29 is 14.3 Å². The van der Waals surface area contributed by atoms with Crippen molar-refractivity contribution in [2.24, 2.45) is 0 Å². The molecule has 0 atom stereocenters. The first kappa shape index (κ1) is 25.4. The molecule has 0 aliphatic carbocycles. The molecule has 0 unspecified atom stereocenters. The molecule has 1 N–H and O–H groups in total. The largest absolute Gasteiger partial charge is 0.418 e. The summed E-state index contributed by atoms with van der Waals surface area (Å²) < 4.78 is 6.62. The van der Waals surface area contributed by atoms with Crippen molar-refractivity contribution >= 4 is 17.7 Å². The number of hydrogen-bond acceptors (Lipinski definition) is 7. The number of para-hydroxylation sites is 1. The van der Waals surface area contributed by atoms with Crippen LogP contribution < -0.4 is 15.7 Å². The number of amides is 1. The molecular formula is C28H27N5O4. The summed E-state index contributed by atoms with van der Waals surface area (Å²) in [6.45, 7) is 0.486. The number of carbonyl (C=O) groups excluding carboxylic acids is 2. The average Bonchev–Trinajstić information content (AvgIpc) is 2.89. The van der Waals surface area contributed by atoms with Crippen LogP contribution in [0.5, 0.6) is 5.75 Å². The lowest BCUT2D eigenvalue weighted by Gasteiger charge is -2.08. The lowest BCUT2D eigenvalue weighted by Crippen LogP contribution is -2.25. The fourth-order valence-corrected chi connectivity index (χ4v) is 3.69. The van der Waals surface area contributed by atoms with E-state index < -0.39 is 11.8 Å². The van der Waals surface area contributed by atoms with Gasteiger partial charge < -0.3 is 4.74 Å². The predicted molar refractivity (Wildman–Crippen MR) is 138 cm³/mol. The number of aromatic nitrogens is 4. The Bertz CT molecular complexity index is 1370. The SMILES string of the molecule is O=C(Cc1ccccc1)Cc1ccc(CCCCn2ccc(NC(=O)Oc3ccccc3)nc2=O)nn1. The first-order valence-corrected chi connectivity index (χ1v) is 12.0. The molecule has 0 fully saturated rings. The van der Waals surface area contributed by atoms with Crippen LogP contribution in [0.4, 0.5) is 10.6 Å². The van der Waals surface area contributed by atoms with E-state index in [-0.39, 0.29) is 18.0 Å². The first-order valence-electron chi connectivity index (χ1n) is 12.0. The van der Waals surface area contributed by atoms with Crippen molar-refractivity contribution in [3.05, 3.63) is 112 Å². The van der Waals surface area contributed by atoms with Crippen LogP contribution in [-0.2, 0) is 30.6 Å². The average molecular weight is 498 g/mol. The number of nitrogens with zero attached hydrogens (tertiary/aromatic N) is 4. The molecule has 4 aromatic rings. The molecule has 0 saturated heterocycles. The van der Waals surface area contributed by atoms with E-state index >= 15 is 0 Å². The van der Waals surface area contributed by atoms with Gasteiger partial charge in [0.15, 0.2) is 0 Å². The predicted octanol–water partition coefficient (Wildman–Crippen LogP) is 4.02. The standard InChI is InChI=1S/C28H27N5O4/c34-24(19-21-9-3-1-4-10-21)20-23-15-14-22(31-32-23)11-7-8-17-33-18-16-26(29-27(33)35)30-28(36)37-25-12-5-2-6-13-25/h1-6,9-10,12-16,18H,7-8,11,17,19-20H2,(H,29,30,35,36). The molecule has 0 aliphatic rings. The van der Waals surface area contributed by atoms with Crippen LogP contribution in [0.1, 0.15) is 29.8 Å². The van der Waals surface area contributed by atoms with Gasteiger partial charge in [-0.05, 0) is 55.2 Å². The Morgan fingerprint density at radius 2 is 1.51 bits per heavy atom. The van der Waals surface area contributed by atoms with Crippen LogP contribution in [0.3, 0.4) is 0 Å². The molecule has 9 nitrogen and oxygen atoms in total. The van der Waals surface area contributed by atoms with Gasteiger partial charge in [0.05, 0.1) is 17.8 Å². The highest BCUT2D eigenvalue weighted by atomic mass is 16.6. The zero-order valence-corrected chi connectivity index (χ0v) is 20.2. The van der Waals surface area contributed by atoms with Gasteiger partial charge in [-0.3, -0.25) is 14.7 Å². The number of anilines is 1. The first-order chi connectivity index (χ1) is 18.0. The van der Waals surface area contributed by atoms with E-state index in [1.807, 2.05) is 48.5 Å². The third-order valence-corrected chi connectivity index (χ3v) is 5.54. The Kier molecular flexibility index (Phi) is 8.85. The summed E-state index contributed by atoms with van der Waals surface area (Å²) >= 11 is 0. The van der Waals surface area contributed by atoms with Gasteiger partial charge in [-0.1, -0.05) is 48.5 Å². The second-order valence-corrected chi connectivity index (χ2v) is 8.47. The quantitative estimate of drug-likeness (QED) is 0.311. The van der Waals surface area contributed by atoms with E-state index in [0.717, 1.165) is 24.1 Å². The van der Waals surface area contributed by atoms with Gasteiger partial charge in [0.1, 0.15) is 17.4 Å². The molecule has 2 heterocycles. The maximum Gasteiger partial charge on any atom is 0.418 e. The molecule has 1 amide bonds. The van der Waals surface area contributed by atoms with Gasteiger partial charge in [0, 0.05) is 19.2 Å². The Hall–Kier alpha value is -4.66. The van der Waals surface area contributed by atoms with Crippen LogP contribution in [-0.4, -0.2) is 31.6 Å². The second-order valence-electron chi connectivity index (χ2n) is 8.47. The summed E-state index contributed by atoms with van der Waals surface area (Å²) in [6.07, 6.45) is 3.76. The zero-order valence-electron chi connectivity index (χ0n) is 20.2. The van der Waals surface area contributed by atoms with Crippen molar-refractivity contribution in [3.63, 3.8) is 0 Å². The number of rotatable bonds is 11. The monoisotopic (exact) mass is 497 g/mol. The van der Waals surface area contributed by atoms with E-state index in [0.29, 0.717) is 30.8 Å². The number of nitrogens with one attached hydrogen (secondary N) is 1. The highest BCUT2D eigenvalue weighted by molar-refractivity contribution is 5.85. The van der Waals surface area contributed by atoms with Gasteiger partial charge in [-0.2, -0.15) is 15.2 Å². The molecule has 188 valence electrons. The Morgan fingerprint density at radius 3 is 2.22 bits per heavy atom.